The van der Waals surface area contributed by atoms with Crippen molar-refractivity contribution in [1.82, 2.24) is 0 Å². The summed E-state index contributed by atoms with van der Waals surface area (Å²) in [5.41, 5.74) is 0. The van der Waals surface area contributed by atoms with Gasteiger partial charge in [0.2, 0.25) is 0 Å². The molecule has 0 saturated heterocycles. The highest BCUT2D eigenvalue weighted by Gasteiger charge is 2.20. The molecular weight excluding hydrogens is 1020 g/mol. The molecule has 0 aliphatic heterocycles. The van der Waals surface area contributed by atoms with Crippen LogP contribution in [-0.4, -0.2) is 37.2 Å². The van der Waals surface area contributed by atoms with Crippen LogP contribution in [-0.2, 0) is 28.6 Å². The maximum absolute atomic E-state index is 13.0. The Morgan fingerprint density at radius 3 is 0.602 bits per heavy atom. The zero-order valence-corrected chi connectivity index (χ0v) is 56.8. The molecule has 0 aromatic rings. The number of carbonyl (C=O) groups excluding carboxylic acids is 3. The molecule has 0 rings (SSSR count). The van der Waals surface area contributed by atoms with E-state index in [1.54, 1.807) is 0 Å². The van der Waals surface area contributed by atoms with Crippen LogP contribution in [0, 0.1) is 0 Å². The van der Waals surface area contributed by atoms with Crippen LogP contribution >= 0.6 is 0 Å². The predicted octanol–water partition coefficient (Wildman–Crippen LogP) is 26.3. The van der Waals surface area contributed by atoms with Crippen LogP contribution in [0.2, 0.25) is 0 Å². The summed E-state index contributed by atoms with van der Waals surface area (Å²) >= 11 is 0. The van der Waals surface area contributed by atoms with Crippen molar-refractivity contribution in [2.75, 3.05) is 13.2 Å². The van der Waals surface area contributed by atoms with Crippen LogP contribution in [0.25, 0.3) is 0 Å². The van der Waals surface area contributed by atoms with Crippen molar-refractivity contribution in [3.8, 4) is 0 Å². The lowest BCUT2D eigenvalue weighted by Crippen LogP contribution is -2.30. The molecule has 0 heterocycles. The molecule has 0 amide bonds. The van der Waals surface area contributed by atoms with Gasteiger partial charge < -0.3 is 14.2 Å². The summed E-state index contributed by atoms with van der Waals surface area (Å²) in [5, 5.41) is 0. The fourth-order valence-corrected chi connectivity index (χ4v) is 12.0. The number of rotatable bonds is 72. The Morgan fingerprint density at radius 1 is 0.229 bits per heavy atom. The number of unbranched alkanes of at least 4 members (excludes halogenated alkanes) is 59. The van der Waals surface area contributed by atoms with Crippen molar-refractivity contribution < 1.29 is 28.6 Å². The molecule has 0 saturated carbocycles. The minimum absolute atomic E-state index is 0.0635. The molecule has 0 aliphatic rings. The summed E-state index contributed by atoms with van der Waals surface area (Å²) in [7, 11) is 0. The highest BCUT2D eigenvalue weighted by molar-refractivity contribution is 5.71. The summed E-state index contributed by atoms with van der Waals surface area (Å²) in [6.07, 6.45) is 88.3. The number of hydrogen-bond donors (Lipinski definition) is 0. The Labute approximate surface area is 520 Å². The van der Waals surface area contributed by atoms with Gasteiger partial charge in [-0.15, -0.1) is 0 Å². The molecule has 0 fully saturated rings. The third-order valence-electron chi connectivity index (χ3n) is 17.8. The summed E-state index contributed by atoms with van der Waals surface area (Å²) < 4.78 is 17.1. The Kier molecular flexibility index (Phi) is 71.0. The smallest absolute Gasteiger partial charge is 0.306 e. The minimum atomic E-state index is -0.768. The highest BCUT2D eigenvalue weighted by Crippen LogP contribution is 2.20. The monoisotopic (exact) mass is 1170 g/mol. The molecule has 0 aliphatic carbocycles. The van der Waals surface area contributed by atoms with Gasteiger partial charge >= 0.3 is 17.9 Å². The fraction of sp³-hybridized carbons (Fsp3) is 0.935. The van der Waals surface area contributed by atoms with E-state index in [0.29, 0.717) is 19.3 Å². The molecule has 1 unspecified atom stereocenters. The molecule has 6 heteroatoms. The molecule has 0 aromatic heterocycles. The number of esters is 3. The first-order valence-electron chi connectivity index (χ1n) is 38.2. The van der Waals surface area contributed by atoms with Crippen molar-refractivity contribution in [3.05, 3.63) is 12.2 Å². The molecule has 1 atom stereocenters. The molecule has 0 aromatic carbocycles. The zero-order chi connectivity index (χ0) is 59.9. The second-order valence-electron chi connectivity index (χ2n) is 26.3. The Morgan fingerprint density at radius 2 is 0.398 bits per heavy atom. The largest absolute Gasteiger partial charge is 0.462 e. The maximum Gasteiger partial charge on any atom is 0.306 e. The maximum atomic E-state index is 13.0. The van der Waals surface area contributed by atoms with Crippen molar-refractivity contribution >= 4 is 17.9 Å². The van der Waals surface area contributed by atoms with Gasteiger partial charge in [-0.05, 0) is 44.9 Å². The van der Waals surface area contributed by atoms with Gasteiger partial charge in [0.25, 0.3) is 0 Å². The van der Waals surface area contributed by atoms with Crippen LogP contribution in [0.3, 0.4) is 0 Å². The molecule has 83 heavy (non-hydrogen) atoms. The normalized spacial score (nSPS) is 12.0. The summed E-state index contributed by atoms with van der Waals surface area (Å²) in [6, 6.07) is 0. The molecule has 6 nitrogen and oxygen atoms in total. The number of hydrogen-bond acceptors (Lipinski definition) is 6. The van der Waals surface area contributed by atoms with Crippen LogP contribution < -0.4 is 0 Å². The van der Waals surface area contributed by atoms with Gasteiger partial charge in [-0.3, -0.25) is 14.4 Å². The van der Waals surface area contributed by atoms with E-state index >= 15 is 0 Å². The van der Waals surface area contributed by atoms with Crippen LogP contribution in [0.5, 0.6) is 0 Å². The van der Waals surface area contributed by atoms with Crippen LogP contribution in [0.15, 0.2) is 12.2 Å². The molecular formula is C77H148O6. The molecule has 0 radical (unpaired) electrons. The SMILES string of the molecule is CCCCCCCCCC/C=C\CCCCCCCCCCCC(=O)OC(COC(=O)CCCCCCCCCCCCCCCCCC)COC(=O)CCCCCCCCCCCCCCCCCCCCCCCCCCCCCC. The number of carbonyl (C=O) groups is 3. The topological polar surface area (TPSA) is 78.9 Å². The van der Waals surface area contributed by atoms with Gasteiger partial charge in [0.05, 0.1) is 0 Å². The quantitative estimate of drug-likeness (QED) is 0.0261. The second-order valence-corrected chi connectivity index (χ2v) is 26.3. The van der Waals surface area contributed by atoms with Crippen molar-refractivity contribution in [1.29, 1.82) is 0 Å². The van der Waals surface area contributed by atoms with E-state index in [1.165, 1.54) is 347 Å². The third-order valence-corrected chi connectivity index (χ3v) is 17.8. The fourth-order valence-electron chi connectivity index (χ4n) is 12.0. The van der Waals surface area contributed by atoms with Gasteiger partial charge in [0.15, 0.2) is 6.10 Å². The van der Waals surface area contributed by atoms with E-state index in [0.717, 1.165) is 57.8 Å². The molecule has 0 N–H and O–H groups in total. The Balaban J connectivity index is 4.21. The first-order chi connectivity index (χ1) is 41.0. The second kappa shape index (κ2) is 72.6. The lowest BCUT2D eigenvalue weighted by molar-refractivity contribution is -0.167. The van der Waals surface area contributed by atoms with Crippen molar-refractivity contribution in [3.63, 3.8) is 0 Å². The number of allylic oxidation sites excluding steroid dienone is 2. The van der Waals surface area contributed by atoms with E-state index < -0.39 is 6.10 Å². The summed E-state index contributed by atoms with van der Waals surface area (Å²) in [6.45, 7) is 6.74. The molecule has 0 bridgehead atoms. The van der Waals surface area contributed by atoms with Gasteiger partial charge in [0, 0.05) is 19.3 Å². The highest BCUT2D eigenvalue weighted by atomic mass is 16.6. The van der Waals surface area contributed by atoms with Gasteiger partial charge in [0.1, 0.15) is 13.2 Å². The summed E-state index contributed by atoms with van der Waals surface area (Å²) in [4.78, 5) is 38.5. The number of ether oxygens (including phenoxy) is 3. The Bertz CT molecular complexity index is 1300. The van der Waals surface area contributed by atoms with E-state index in [4.69, 9.17) is 14.2 Å². The Hall–Kier alpha value is -1.85. The van der Waals surface area contributed by atoms with E-state index in [9.17, 15) is 14.4 Å². The van der Waals surface area contributed by atoms with Gasteiger partial charge in [-0.1, -0.05) is 392 Å². The third kappa shape index (κ3) is 70.8. The first kappa shape index (κ1) is 81.2. The van der Waals surface area contributed by atoms with Gasteiger partial charge in [-0.25, -0.2) is 0 Å². The van der Waals surface area contributed by atoms with Crippen molar-refractivity contribution in [2.24, 2.45) is 0 Å². The van der Waals surface area contributed by atoms with Crippen LogP contribution in [0.1, 0.15) is 445 Å². The van der Waals surface area contributed by atoms with Crippen LogP contribution in [0.4, 0.5) is 0 Å². The van der Waals surface area contributed by atoms with Crippen molar-refractivity contribution in [2.45, 2.75) is 451 Å². The zero-order valence-electron chi connectivity index (χ0n) is 56.8. The minimum Gasteiger partial charge on any atom is -0.462 e. The van der Waals surface area contributed by atoms with Gasteiger partial charge in [-0.2, -0.15) is 0 Å². The lowest BCUT2D eigenvalue weighted by Gasteiger charge is -2.18. The first-order valence-corrected chi connectivity index (χ1v) is 38.2. The summed E-state index contributed by atoms with van der Waals surface area (Å²) in [5.74, 6) is -0.825. The standard InChI is InChI=1S/C77H148O6/c1-4-7-10-13-16-19-22-25-28-31-33-35-36-37-38-39-40-41-43-44-46-49-52-55-58-61-64-67-70-76(79)82-73-74(72-81-75(78)69-66-63-60-57-54-51-48-30-27-24-21-18-15-12-9-6-3)83-77(80)71-68-65-62-59-56-53-50-47-45-42-34-32-29-26-23-20-17-14-11-8-5-2/h32,34,74H,4-31,33,35-73H2,1-3H3/b34-32-. The average molecular weight is 1170 g/mol. The predicted molar refractivity (Wildman–Crippen MR) is 363 cm³/mol. The molecule has 492 valence electrons. The van der Waals surface area contributed by atoms with E-state index in [2.05, 4.69) is 32.9 Å². The molecule has 0 spiro atoms. The average Bonchev–Trinajstić information content (AvgIpc) is 3.50. The van der Waals surface area contributed by atoms with E-state index in [1.807, 2.05) is 0 Å². The van der Waals surface area contributed by atoms with E-state index in [-0.39, 0.29) is 31.1 Å². The lowest BCUT2D eigenvalue weighted by atomic mass is 10.0.